The van der Waals surface area contributed by atoms with Crippen LogP contribution in [-0.2, 0) is 4.79 Å². The van der Waals surface area contributed by atoms with Gasteiger partial charge in [-0.3, -0.25) is 4.79 Å². The number of nitrogens with zero attached hydrogens (tertiary/aromatic N) is 1. The number of fused-ring (bicyclic) bond motifs is 1. The van der Waals surface area contributed by atoms with Crippen molar-refractivity contribution >= 4 is 23.4 Å². The van der Waals surface area contributed by atoms with Gasteiger partial charge in [-0.25, -0.2) is 13.8 Å². The number of H-pyrrole nitrogens is 1. The zero-order valence-electron chi connectivity index (χ0n) is 17.1. The summed E-state index contributed by atoms with van der Waals surface area (Å²) in [6, 6.07) is 17.1. The maximum atomic E-state index is 13.4. The Bertz CT molecular complexity index is 1310. The fourth-order valence-electron chi connectivity index (χ4n) is 3.32. The number of ether oxygens (including phenoxy) is 2. The minimum atomic E-state index is -0.352. The number of thioether (sulfide) groups is 1. The normalized spacial score (nSPS) is 12.1. The molecule has 33 heavy (non-hydrogen) atoms. The number of carbonyl (C=O) groups excluding carboxylic acids is 1. The standard InChI is InChI=1S/C24H17F2N3O3S/c25-16-5-1-14(2-6-16)22-24(29-23(28-22)15-3-7-17(26)8-4-15)33-12-21(30)27-18-9-10-19-20(11-18)32-13-31-19/h1-11H,12-13H2,(H,27,30)(H,28,29). The summed E-state index contributed by atoms with van der Waals surface area (Å²) in [5.74, 6) is 0.902. The summed E-state index contributed by atoms with van der Waals surface area (Å²) < 4.78 is 37.3. The number of aromatic amines is 1. The number of halogens is 2. The van der Waals surface area contributed by atoms with Gasteiger partial charge in [-0.05, 0) is 60.7 Å². The first-order chi connectivity index (χ1) is 16.0. The van der Waals surface area contributed by atoms with Crippen LogP contribution in [0.4, 0.5) is 14.5 Å². The molecule has 0 radical (unpaired) electrons. The Morgan fingerprint density at radius 3 is 2.33 bits per heavy atom. The molecule has 0 atom stereocenters. The van der Waals surface area contributed by atoms with Crippen molar-refractivity contribution in [1.82, 2.24) is 9.97 Å². The van der Waals surface area contributed by atoms with Gasteiger partial charge in [0, 0.05) is 22.9 Å². The van der Waals surface area contributed by atoms with E-state index in [1.54, 1.807) is 42.5 Å². The highest BCUT2D eigenvalue weighted by Gasteiger charge is 2.17. The van der Waals surface area contributed by atoms with Crippen LogP contribution in [0.2, 0.25) is 0 Å². The number of rotatable bonds is 6. The number of benzene rings is 3. The van der Waals surface area contributed by atoms with E-state index in [0.717, 1.165) is 5.56 Å². The Balaban J connectivity index is 1.36. The van der Waals surface area contributed by atoms with Crippen LogP contribution in [-0.4, -0.2) is 28.4 Å². The van der Waals surface area contributed by atoms with Crippen molar-refractivity contribution in [2.45, 2.75) is 5.03 Å². The van der Waals surface area contributed by atoms with Gasteiger partial charge in [0.05, 0.1) is 11.4 Å². The van der Waals surface area contributed by atoms with Crippen molar-refractivity contribution in [2.24, 2.45) is 0 Å². The van der Waals surface area contributed by atoms with Crippen molar-refractivity contribution in [3.05, 3.63) is 78.4 Å². The minimum absolute atomic E-state index is 0.0936. The van der Waals surface area contributed by atoms with E-state index in [4.69, 9.17) is 9.47 Å². The molecule has 3 aromatic carbocycles. The number of imidazole rings is 1. The molecule has 1 aliphatic rings. The fraction of sp³-hybridized carbons (Fsp3) is 0.0833. The average molecular weight is 465 g/mol. The molecule has 0 aliphatic carbocycles. The summed E-state index contributed by atoms with van der Waals surface area (Å²) in [5, 5.41) is 3.40. The lowest BCUT2D eigenvalue weighted by Crippen LogP contribution is -2.14. The van der Waals surface area contributed by atoms with Crippen molar-refractivity contribution in [3.8, 4) is 34.1 Å². The Kier molecular flexibility index (Phi) is 5.70. The van der Waals surface area contributed by atoms with Gasteiger partial charge >= 0.3 is 0 Å². The van der Waals surface area contributed by atoms with E-state index < -0.39 is 0 Å². The van der Waals surface area contributed by atoms with Crippen molar-refractivity contribution in [2.75, 3.05) is 17.9 Å². The van der Waals surface area contributed by atoms with Crippen molar-refractivity contribution in [1.29, 1.82) is 0 Å². The summed E-state index contributed by atoms with van der Waals surface area (Å²) in [6.45, 7) is 0.157. The molecule has 0 bridgehead atoms. The lowest BCUT2D eigenvalue weighted by Gasteiger charge is -2.06. The molecule has 9 heteroatoms. The number of anilines is 1. The van der Waals surface area contributed by atoms with Gasteiger partial charge in [-0.15, -0.1) is 0 Å². The molecular weight excluding hydrogens is 448 g/mol. The molecule has 5 rings (SSSR count). The van der Waals surface area contributed by atoms with E-state index in [9.17, 15) is 13.6 Å². The van der Waals surface area contributed by atoms with Gasteiger partial charge < -0.3 is 19.8 Å². The Morgan fingerprint density at radius 1 is 0.939 bits per heavy atom. The molecular formula is C24H17F2N3O3S. The third-order valence-corrected chi connectivity index (χ3v) is 5.89. The predicted octanol–water partition coefficient (Wildman–Crippen LogP) is 5.48. The minimum Gasteiger partial charge on any atom is -0.454 e. The highest BCUT2D eigenvalue weighted by Crippen LogP contribution is 2.35. The van der Waals surface area contributed by atoms with Crippen molar-refractivity contribution < 1.29 is 23.0 Å². The Hall–Kier alpha value is -3.85. The molecule has 166 valence electrons. The number of nitrogens with one attached hydrogen (secondary N) is 2. The van der Waals surface area contributed by atoms with Gasteiger partial charge in [0.2, 0.25) is 12.7 Å². The van der Waals surface area contributed by atoms with Crippen LogP contribution >= 0.6 is 11.8 Å². The second-order valence-electron chi connectivity index (χ2n) is 7.18. The zero-order valence-corrected chi connectivity index (χ0v) is 17.9. The van der Waals surface area contributed by atoms with E-state index in [-0.39, 0.29) is 30.1 Å². The highest BCUT2D eigenvalue weighted by atomic mass is 32.2. The first-order valence-corrected chi connectivity index (χ1v) is 11.0. The van der Waals surface area contributed by atoms with Crippen LogP contribution in [0.25, 0.3) is 22.6 Å². The molecule has 1 amide bonds. The maximum absolute atomic E-state index is 13.4. The van der Waals surface area contributed by atoms with E-state index in [2.05, 4.69) is 15.3 Å². The van der Waals surface area contributed by atoms with Crippen LogP contribution < -0.4 is 14.8 Å². The lowest BCUT2D eigenvalue weighted by molar-refractivity contribution is -0.113. The van der Waals surface area contributed by atoms with E-state index >= 15 is 0 Å². The van der Waals surface area contributed by atoms with Crippen LogP contribution in [0.5, 0.6) is 11.5 Å². The lowest BCUT2D eigenvalue weighted by atomic mass is 10.2. The Morgan fingerprint density at radius 2 is 1.61 bits per heavy atom. The predicted molar refractivity (Wildman–Crippen MR) is 121 cm³/mol. The van der Waals surface area contributed by atoms with Crippen LogP contribution in [0.1, 0.15) is 0 Å². The smallest absolute Gasteiger partial charge is 0.234 e. The van der Waals surface area contributed by atoms with Crippen LogP contribution in [0.15, 0.2) is 71.8 Å². The third-order valence-electron chi connectivity index (χ3n) is 4.92. The zero-order chi connectivity index (χ0) is 22.8. The summed E-state index contributed by atoms with van der Waals surface area (Å²) >= 11 is 1.24. The second kappa shape index (κ2) is 8.95. The molecule has 2 N–H and O–H groups in total. The molecule has 1 aliphatic heterocycles. The van der Waals surface area contributed by atoms with Crippen molar-refractivity contribution in [3.63, 3.8) is 0 Å². The summed E-state index contributed by atoms with van der Waals surface area (Å²) in [5.41, 5.74) is 2.65. The summed E-state index contributed by atoms with van der Waals surface area (Å²) in [6.07, 6.45) is 0. The molecule has 4 aromatic rings. The largest absolute Gasteiger partial charge is 0.454 e. The monoisotopic (exact) mass is 465 g/mol. The third kappa shape index (κ3) is 4.68. The fourth-order valence-corrected chi connectivity index (χ4v) is 4.13. The van der Waals surface area contributed by atoms with Gasteiger partial charge in [0.25, 0.3) is 0 Å². The number of hydrogen-bond donors (Lipinski definition) is 2. The SMILES string of the molecule is O=C(CSc1nc(-c2ccc(F)cc2)[nH]c1-c1ccc(F)cc1)Nc1ccc2c(c1)OCO2. The highest BCUT2D eigenvalue weighted by molar-refractivity contribution is 8.00. The molecule has 0 spiro atoms. The molecule has 6 nitrogen and oxygen atoms in total. The maximum Gasteiger partial charge on any atom is 0.234 e. The van der Waals surface area contributed by atoms with E-state index in [1.807, 2.05) is 0 Å². The summed E-state index contributed by atoms with van der Waals surface area (Å²) in [7, 11) is 0. The number of aromatic nitrogens is 2. The Labute approximate surface area is 192 Å². The average Bonchev–Trinajstić information content (AvgIpc) is 3.45. The number of hydrogen-bond acceptors (Lipinski definition) is 5. The molecule has 1 aromatic heterocycles. The van der Waals surface area contributed by atoms with Crippen LogP contribution in [0, 0.1) is 11.6 Å². The first-order valence-electron chi connectivity index (χ1n) is 9.99. The second-order valence-corrected chi connectivity index (χ2v) is 8.15. The number of amides is 1. The van der Waals surface area contributed by atoms with E-state index in [1.165, 1.54) is 36.0 Å². The van der Waals surface area contributed by atoms with Crippen LogP contribution in [0.3, 0.4) is 0 Å². The van der Waals surface area contributed by atoms with Gasteiger partial charge in [0.1, 0.15) is 22.5 Å². The first kappa shape index (κ1) is 21.0. The molecule has 0 fully saturated rings. The molecule has 0 unspecified atom stereocenters. The van der Waals surface area contributed by atoms with Gasteiger partial charge in [-0.2, -0.15) is 0 Å². The van der Waals surface area contributed by atoms with Gasteiger partial charge in [0.15, 0.2) is 11.5 Å². The molecule has 0 saturated carbocycles. The summed E-state index contributed by atoms with van der Waals surface area (Å²) in [4.78, 5) is 20.4. The number of carbonyl (C=O) groups is 1. The van der Waals surface area contributed by atoms with E-state index in [0.29, 0.717) is 39.3 Å². The molecule has 0 saturated heterocycles. The quantitative estimate of drug-likeness (QED) is 0.369. The molecule has 2 heterocycles. The topological polar surface area (TPSA) is 76.2 Å². The van der Waals surface area contributed by atoms with Gasteiger partial charge in [-0.1, -0.05) is 11.8 Å².